The summed E-state index contributed by atoms with van der Waals surface area (Å²) in [5.41, 5.74) is 0. The van der Waals surface area contributed by atoms with Gasteiger partial charge in [0.05, 0.1) is 6.04 Å². The minimum atomic E-state index is 0.0415. The van der Waals surface area contributed by atoms with E-state index in [9.17, 15) is 4.79 Å². The number of carbonyl (C=O) groups is 1. The Morgan fingerprint density at radius 2 is 2.17 bits per heavy atom. The summed E-state index contributed by atoms with van der Waals surface area (Å²) in [5.74, 6) is 0. The van der Waals surface area contributed by atoms with Gasteiger partial charge in [0.15, 0.2) is 0 Å². The molecule has 72 valence electrons. The summed E-state index contributed by atoms with van der Waals surface area (Å²) in [5, 5.41) is 3.00. The third-order valence-corrected chi connectivity index (χ3v) is 2.93. The zero-order valence-electron chi connectivity index (χ0n) is 7.07. The number of carbonyl (C=O) groups excluding carboxylic acids is 1. The summed E-state index contributed by atoms with van der Waals surface area (Å²) >= 11 is 3.98. The van der Waals surface area contributed by atoms with Crippen molar-refractivity contribution in [3.05, 3.63) is 0 Å². The van der Waals surface area contributed by atoms with Gasteiger partial charge in [0.1, 0.15) is 0 Å². The second-order valence-electron chi connectivity index (χ2n) is 2.52. The summed E-state index contributed by atoms with van der Waals surface area (Å²) in [6, 6.07) is 0.0415. The first-order valence-corrected chi connectivity index (χ1v) is 6.08. The minimum Gasteiger partial charge on any atom is -0.310 e. The predicted molar refractivity (Wildman–Crippen MR) is 67.7 cm³/mol. The van der Waals surface area contributed by atoms with Crippen molar-refractivity contribution in [2.24, 2.45) is 0 Å². The lowest BCUT2D eigenvalue weighted by molar-refractivity contribution is -0.111. The lowest BCUT2D eigenvalue weighted by Gasteiger charge is -2.10. The van der Waals surface area contributed by atoms with Crippen LogP contribution in [0.2, 0.25) is 0 Å². The molecule has 1 atom stereocenters. The molecule has 0 saturated carbocycles. The van der Waals surface area contributed by atoms with Crippen molar-refractivity contribution < 1.29 is 4.79 Å². The number of hydrogen-bond donors (Lipinski definition) is 2. The Morgan fingerprint density at radius 3 is 2.58 bits per heavy atom. The molecule has 0 aromatic rings. The van der Waals surface area contributed by atoms with Crippen molar-refractivity contribution in [2.75, 3.05) is 13.6 Å². The molecule has 0 aliphatic carbocycles. The summed E-state index contributed by atoms with van der Waals surface area (Å²) in [7, 11) is 1.83. The van der Waals surface area contributed by atoms with Crippen LogP contribution in [-0.2, 0) is 4.79 Å². The van der Waals surface area contributed by atoms with Gasteiger partial charge in [-0.15, -0.1) is 0 Å². The van der Waals surface area contributed by atoms with Gasteiger partial charge in [-0.3, -0.25) is 8.32 Å². The maximum atomic E-state index is 10.9. The molecule has 2 N–H and O–H groups in total. The van der Waals surface area contributed by atoms with Gasteiger partial charge in [-0.1, -0.05) is 6.42 Å². The Hall–Kier alpha value is 1.05. The van der Waals surface area contributed by atoms with Crippen molar-refractivity contribution in [1.29, 1.82) is 0 Å². The van der Waals surface area contributed by atoms with E-state index in [1.165, 1.54) is 0 Å². The summed E-state index contributed by atoms with van der Waals surface area (Å²) in [4.78, 5) is 10.9. The van der Waals surface area contributed by atoms with Crippen molar-refractivity contribution in [2.45, 2.75) is 25.3 Å². The smallest absolute Gasteiger partial charge is 0.209 e. The first-order valence-electron chi connectivity index (χ1n) is 3.92. The van der Waals surface area contributed by atoms with Crippen LogP contribution in [0.15, 0.2) is 0 Å². The van der Waals surface area contributed by atoms with Gasteiger partial charge in [0.2, 0.25) is 3.79 Å². The van der Waals surface area contributed by atoms with Crippen LogP contribution in [0.5, 0.6) is 0 Å². The number of halogens is 2. The zero-order valence-corrected chi connectivity index (χ0v) is 11.4. The molecule has 0 rings (SSSR count). The number of likely N-dealkylation sites (N-methyl/N-ethyl adjacent to an activating group) is 1. The Kier molecular flexibility index (Phi) is 9.40. The van der Waals surface area contributed by atoms with Gasteiger partial charge in [-0.25, -0.2) is 0 Å². The molecule has 3 nitrogen and oxygen atoms in total. The standard InChI is InChI=1S/C7H14I2N2O/c1-10-6(7(8)12)4-2-3-5-11-9/h6,10-11H,2-5H2,1H3. The average molecular weight is 396 g/mol. The Morgan fingerprint density at radius 1 is 1.50 bits per heavy atom. The van der Waals surface area contributed by atoms with E-state index in [0.717, 1.165) is 25.8 Å². The van der Waals surface area contributed by atoms with Crippen LogP contribution in [0, 0.1) is 0 Å². The third kappa shape index (κ3) is 6.55. The van der Waals surface area contributed by atoms with Crippen molar-refractivity contribution >= 4 is 49.2 Å². The molecule has 0 aromatic carbocycles. The molecule has 0 bridgehead atoms. The van der Waals surface area contributed by atoms with Crippen LogP contribution in [-0.4, -0.2) is 23.4 Å². The van der Waals surface area contributed by atoms with Crippen LogP contribution in [0.25, 0.3) is 0 Å². The molecular weight excluding hydrogens is 382 g/mol. The highest BCUT2D eigenvalue weighted by Crippen LogP contribution is 2.04. The topological polar surface area (TPSA) is 41.1 Å². The monoisotopic (exact) mass is 396 g/mol. The fraction of sp³-hybridized carbons (Fsp3) is 0.857. The van der Waals surface area contributed by atoms with Crippen molar-refractivity contribution in [1.82, 2.24) is 8.85 Å². The van der Waals surface area contributed by atoms with Crippen molar-refractivity contribution in [3.8, 4) is 0 Å². The number of rotatable bonds is 7. The van der Waals surface area contributed by atoms with Gasteiger partial charge in [0, 0.05) is 52.0 Å². The molecule has 0 heterocycles. The first-order chi connectivity index (χ1) is 5.72. The minimum absolute atomic E-state index is 0.0415. The second-order valence-corrected chi connectivity index (χ2v) is 4.35. The molecule has 1 unspecified atom stereocenters. The molecule has 0 aliphatic heterocycles. The fourth-order valence-electron chi connectivity index (χ4n) is 0.912. The predicted octanol–water partition coefficient (Wildman–Crippen LogP) is 1.65. The van der Waals surface area contributed by atoms with Gasteiger partial charge in [-0.05, 0) is 19.9 Å². The van der Waals surface area contributed by atoms with Gasteiger partial charge in [-0.2, -0.15) is 0 Å². The van der Waals surface area contributed by atoms with Gasteiger partial charge >= 0.3 is 0 Å². The largest absolute Gasteiger partial charge is 0.310 e. The van der Waals surface area contributed by atoms with E-state index in [1.54, 1.807) is 0 Å². The molecule has 0 radical (unpaired) electrons. The molecular formula is C7H14I2N2O. The van der Waals surface area contributed by atoms with Gasteiger partial charge < -0.3 is 5.32 Å². The van der Waals surface area contributed by atoms with E-state index < -0.39 is 0 Å². The van der Waals surface area contributed by atoms with E-state index in [1.807, 2.05) is 29.6 Å². The molecule has 0 saturated heterocycles. The third-order valence-electron chi connectivity index (χ3n) is 1.64. The maximum absolute atomic E-state index is 10.9. The molecule has 0 spiro atoms. The normalized spacial score (nSPS) is 12.9. The quantitative estimate of drug-likeness (QED) is 0.298. The molecule has 12 heavy (non-hydrogen) atoms. The lowest BCUT2D eigenvalue weighted by Crippen LogP contribution is -2.30. The van der Waals surface area contributed by atoms with E-state index in [4.69, 9.17) is 0 Å². The Labute approximate surface area is 101 Å². The maximum Gasteiger partial charge on any atom is 0.209 e. The molecule has 0 aliphatic rings. The lowest BCUT2D eigenvalue weighted by atomic mass is 10.1. The highest BCUT2D eigenvalue weighted by molar-refractivity contribution is 14.1. The second kappa shape index (κ2) is 8.64. The summed E-state index contributed by atoms with van der Waals surface area (Å²) in [6.45, 7) is 1.02. The first kappa shape index (κ1) is 13.1. The number of unbranched alkanes of at least 4 members (excludes halogenated alkanes) is 1. The van der Waals surface area contributed by atoms with Crippen molar-refractivity contribution in [3.63, 3.8) is 0 Å². The van der Waals surface area contributed by atoms with Gasteiger partial charge in [0.25, 0.3) is 0 Å². The molecule has 0 aromatic heterocycles. The van der Waals surface area contributed by atoms with E-state index in [-0.39, 0.29) is 9.83 Å². The van der Waals surface area contributed by atoms with E-state index >= 15 is 0 Å². The Balaban J connectivity index is 3.38. The van der Waals surface area contributed by atoms with Crippen LogP contribution in [0.4, 0.5) is 0 Å². The highest BCUT2D eigenvalue weighted by Gasteiger charge is 2.11. The molecule has 0 amide bonds. The fourth-order valence-corrected chi connectivity index (χ4v) is 1.92. The highest BCUT2D eigenvalue weighted by atomic mass is 127. The van der Waals surface area contributed by atoms with Crippen LogP contribution >= 0.6 is 45.5 Å². The summed E-state index contributed by atoms with van der Waals surface area (Å²) < 4.78 is 3.26. The number of nitrogens with one attached hydrogen (secondary N) is 2. The van der Waals surface area contributed by atoms with Crippen LogP contribution in [0.1, 0.15) is 19.3 Å². The summed E-state index contributed by atoms with van der Waals surface area (Å²) in [6.07, 6.45) is 3.16. The van der Waals surface area contributed by atoms with E-state index in [0.29, 0.717) is 0 Å². The SMILES string of the molecule is CNC(CCCCNI)C(=O)I. The Bertz CT molecular complexity index is 133. The average Bonchev–Trinajstić information content (AvgIpc) is 2.04. The number of hydrogen-bond acceptors (Lipinski definition) is 3. The van der Waals surface area contributed by atoms with Crippen LogP contribution < -0.4 is 8.85 Å². The zero-order chi connectivity index (χ0) is 9.40. The molecule has 0 fully saturated rings. The molecule has 5 heteroatoms. The van der Waals surface area contributed by atoms with E-state index in [2.05, 4.69) is 31.7 Å². The van der Waals surface area contributed by atoms with Crippen LogP contribution in [0.3, 0.4) is 0 Å².